The van der Waals surface area contributed by atoms with Gasteiger partial charge in [0.05, 0.1) is 25.5 Å². The summed E-state index contributed by atoms with van der Waals surface area (Å²) in [6.07, 6.45) is 4.98. The summed E-state index contributed by atoms with van der Waals surface area (Å²) in [5.74, 6) is 0.417. The Kier molecular flexibility index (Phi) is 7.55. The molecule has 1 saturated heterocycles. The number of piperidine rings is 1. The number of nitrogens with one attached hydrogen (secondary N) is 1. The molecule has 2 fully saturated rings. The van der Waals surface area contributed by atoms with Gasteiger partial charge in [0.1, 0.15) is 5.75 Å². The average molecular weight is 542 g/mol. The van der Waals surface area contributed by atoms with Crippen molar-refractivity contribution in [2.45, 2.75) is 70.8 Å². The number of anilines is 1. The molecule has 3 N–H and O–H groups in total. The fourth-order valence-electron chi connectivity index (χ4n) is 7.06. The SMILES string of the molecule is COc1ccc(C(=O)Nc2nc3c(s2)CC2C(C)(CO)C(O)CCC2(C)C3CC(=O)N2CCCCC2)cc1. The molecule has 38 heavy (non-hydrogen) atoms. The third-order valence-electron chi connectivity index (χ3n) is 9.55. The molecule has 5 rings (SSSR count). The Hall–Kier alpha value is -2.49. The molecule has 1 saturated carbocycles. The van der Waals surface area contributed by atoms with E-state index in [0.717, 1.165) is 49.3 Å². The number of thiazole rings is 1. The summed E-state index contributed by atoms with van der Waals surface area (Å²) in [7, 11) is 1.58. The van der Waals surface area contributed by atoms with Crippen molar-refractivity contribution in [2.24, 2.45) is 16.7 Å². The van der Waals surface area contributed by atoms with Crippen LogP contribution in [0, 0.1) is 16.7 Å². The van der Waals surface area contributed by atoms with Crippen molar-refractivity contribution in [3.8, 4) is 5.75 Å². The molecule has 206 valence electrons. The molecule has 2 aliphatic carbocycles. The van der Waals surface area contributed by atoms with Crippen molar-refractivity contribution in [3.63, 3.8) is 0 Å². The quantitative estimate of drug-likeness (QED) is 0.505. The van der Waals surface area contributed by atoms with Crippen LogP contribution in [0.5, 0.6) is 5.75 Å². The lowest BCUT2D eigenvalue weighted by atomic mass is 9.47. The van der Waals surface area contributed by atoms with Crippen molar-refractivity contribution in [2.75, 3.05) is 32.1 Å². The van der Waals surface area contributed by atoms with Gasteiger partial charge in [-0.2, -0.15) is 0 Å². The molecular weight excluding hydrogens is 502 g/mol. The largest absolute Gasteiger partial charge is 0.497 e. The Labute approximate surface area is 228 Å². The van der Waals surface area contributed by atoms with Gasteiger partial charge in [0.2, 0.25) is 5.91 Å². The van der Waals surface area contributed by atoms with Crippen LogP contribution in [0.25, 0.3) is 0 Å². The minimum absolute atomic E-state index is 0.0130. The van der Waals surface area contributed by atoms with Crippen LogP contribution in [0.3, 0.4) is 0 Å². The molecule has 1 aromatic carbocycles. The zero-order valence-electron chi connectivity index (χ0n) is 22.5. The highest BCUT2D eigenvalue weighted by atomic mass is 32.1. The summed E-state index contributed by atoms with van der Waals surface area (Å²) in [6, 6.07) is 6.92. The van der Waals surface area contributed by atoms with Crippen LogP contribution in [0.15, 0.2) is 24.3 Å². The van der Waals surface area contributed by atoms with E-state index < -0.39 is 11.5 Å². The summed E-state index contributed by atoms with van der Waals surface area (Å²) in [6.45, 7) is 5.67. The predicted molar refractivity (Wildman–Crippen MR) is 147 cm³/mol. The molecule has 0 bridgehead atoms. The fraction of sp³-hybridized carbons (Fsp3) is 0.621. The maximum Gasteiger partial charge on any atom is 0.257 e. The van der Waals surface area contributed by atoms with Gasteiger partial charge in [-0.05, 0) is 74.1 Å². The number of fused-ring (bicyclic) bond motifs is 2. The average Bonchev–Trinajstić information content (AvgIpc) is 3.34. The molecular formula is C29H39N3O5S. The smallest absolute Gasteiger partial charge is 0.257 e. The van der Waals surface area contributed by atoms with Crippen LogP contribution in [0.4, 0.5) is 5.13 Å². The van der Waals surface area contributed by atoms with Gasteiger partial charge in [-0.25, -0.2) is 4.98 Å². The van der Waals surface area contributed by atoms with E-state index in [2.05, 4.69) is 12.2 Å². The van der Waals surface area contributed by atoms with E-state index in [-0.39, 0.29) is 35.7 Å². The number of hydrogen-bond donors (Lipinski definition) is 3. The summed E-state index contributed by atoms with van der Waals surface area (Å²) in [5.41, 5.74) is 0.418. The van der Waals surface area contributed by atoms with Crippen molar-refractivity contribution in [1.82, 2.24) is 9.88 Å². The Bertz CT molecular complexity index is 1180. The Morgan fingerprint density at radius 1 is 1.18 bits per heavy atom. The van der Waals surface area contributed by atoms with Crippen molar-refractivity contribution in [1.29, 1.82) is 0 Å². The molecule has 1 aliphatic heterocycles. The first-order chi connectivity index (χ1) is 18.2. The van der Waals surface area contributed by atoms with Gasteiger partial charge in [-0.1, -0.05) is 13.8 Å². The van der Waals surface area contributed by atoms with Crippen LogP contribution in [-0.2, 0) is 11.2 Å². The first-order valence-corrected chi connectivity index (χ1v) is 14.5. The highest BCUT2D eigenvalue weighted by Crippen LogP contribution is 2.63. The zero-order valence-corrected chi connectivity index (χ0v) is 23.4. The number of nitrogens with zero attached hydrogens (tertiary/aromatic N) is 2. The van der Waals surface area contributed by atoms with Gasteiger partial charge in [-0.15, -0.1) is 11.3 Å². The number of aliphatic hydroxyl groups is 2. The molecule has 9 heteroatoms. The topological polar surface area (TPSA) is 112 Å². The first kappa shape index (κ1) is 27.1. The van der Waals surface area contributed by atoms with Crippen molar-refractivity contribution < 1.29 is 24.5 Å². The monoisotopic (exact) mass is 541 g/mol. The van der Waals surface area contributed by atoms with Gasteiger partial charge in [-0.3, -0.25) is 14.9 Å². The predicted octanol–water partition coefficient (Wildman–Crippen LogP) is 4.22. The number of aromatic nitrogens is 1. The zero-order chi connectivity index (χ0) is 27.1. The third-order valence-corrected chi connectivity index (χ3v) is 10.6. The van der Waals surface area contributed by atoms with E-state index >= 15 is 0 Å². The molecule has 2 amide bonds. The second kappa shape index (κ2) is 10.6. The minimum Gasteiger partial charge on any atom is -0.497 e. The van der Waals surface area contributed by atoms with Crippen LogP contribution in [0.2, 0.25) is 0 Å². The van der Waals surface area contributed by atoms with E-state index in [1.54, 1.807) is 31.4 Å². The number of ether oxygens (including phenoxy) is 1. The molecule has 3 aliphatic rings. The first-order valence-electron chi connectivity index (χ1n) is 13.7. The van der Waals surface area contributed by atoms with E-state index in [0.29, 0.717) is 35.7 Å². The Morgan fingerprint density at radius 2 is 1.89 bits per heavy atom. The van der Waals surface area contributed by atoms with Gasteiger partial charge in [0, 0.05) is 41.3 Å². The van der Waals surface area contributed by atoms with E-state index in [4.69, 9.17) is 9.72 Å². The normalized spacial score (nSPS) is 30.8. The lowest BCUT2D eigenvalue weighted by Gasteiger charge is -2.58. The third kappa shape index (κ3) is 4.73. The van der Waals surface area contributed by atoms with Gasteiger partial charge in [0.25, 0.3) is 5.91 Å². The van der Waals surface area contributed by atoms with Crippen LogP contribution < -0.4 is 10.1 Å². The summed E-state index contributed by atoms with van der Waals surface area (Å²) >= 11 is 1.44. The molecule has 5 unspecified atom stereocenters. The number of carbonyl (C=O) groups excluding carboxylic acids is 2. The number of likely N-dealkylation sites (tertiary alicyclic amines) is 1. The second-order valence-corrected chi connectivity index (χ2v) is 12.8. The lowest BCUT2D eigenvalue weighted by Crippen LogP contribution is -2.57. The molecule has 0 spiro atoms. The lowest BCUT2D eigenvalue weighted by molar-refractivity contribution is -0.147. The van der Waals surface area contributed by atoms with Crippen LogP contribution in [-0.4, -0.2) is 64.8 Å². The summed E-state index contributed by atoms with van der Waals surface area (Å²) in [4.78, 5) is 34.5. The Morgan fingerprint density at radius 3 is 2.55 bits per heavy atom. The Balaban J connectivity index is 1.47. The van der Waals surface area contributed by atoms with E-state index in [1.807, 2.05) is 11.8 Å². The van der Waals surface area contributed by atoms with Crippen LogP contribution >= 0.6 is 11.3 Å². The molecule has 8 nitrogen and oxygen atoms in total. The number of amides is 2. The summed E-state index contributed by atoms with van der Waals surface area (Å²) in [5, 5.41) is 24.9. The van der Waals surface area contributed by atoms with E-state index in [9.17, 15) is 19.8 Å². The van der Waals surface area contributed by atoms with E-state index in [1.165, 1.54) is 11.3 Å². The minimum atomic E-state index is -0.673. The number of aliphatic hydroxyl groups excluding tert-OH is 2. The number of hydrogen-bond acceptors (Lipinski definition) is 7. The molecule has 2 heterocycles. The number of rotatable bonds is 6. The number of benzene rings is 1. The van der Waals surface area contributed by atoms with Gasteiger partial charge < -0.3 is 19.8 Å². The highest BCUT2D eigenvalue weighted by Gasteiger charge is 2.59. The molecule has 2 aromatic rings. The maximum absolute atomic E-state index is 13.5. The number of methoxy groups -OCH3 is 1. The van der Waals surface area contributed by atoms with Crippen molar-refractivity contribution >= 4 is 28.3 Å². The second-order valence-electron chi connectivity index (χ2n) is 11.7. The molecule has 0 radical (unpaired) electrons. The number of carbonyl (C=O) groups is 2. The van der Waals surface area contributed by atoms with Gasteiger partial charge in [0.15, 0.2) is 5.13 Å². The van der Waals surface area contributed by atoms with Crippen molar-refractivity contribution in [3.05, 3.63) is 40.4 Å². The van der Waals surface area contributed by atoms with Crippen LogP contribution in [0.1, 0.15) is 79.2 Å². The summed E-state index contributed by atoms with van der Waals surface area (Å²) < 4.78 is 5.19. The molecule has 5 atom stereocenters. The van der Waals surface area contributed by atoms with Gasteiger partial charge >= 0.3 is 0 Å². The maximum atomic E-state index is 13.5. The fourth-order valence-corrected chi connectivity index (χ4v) is 8.12. The highest BCUT2D eigenvalue weighted by molar-refractivity contribution is 7.15. The molecule has 1 aromatic heterocycles. The standard InChI is InChI=1S/C29H39N3O5S/c1-28-12-11-23(34)29(2,17-33)22(28)16-21-25(20(28)15-24(35)32-13-5-4-6-14-32)30-27(38-21)31-26(36)18-7-9-19(37-3)10-8-18/h7-10,20,22-23,33-34H,4-6,11-17H2,1-3H3,(H,30,31,36).